The lowest BCUT2D eigenvalue weighted by atomic mass is 9.95. The van der Waals surface area contributed by atoms with Gasteiger partial charge in [0.2, 0.25) is 0 Å². The summed E-state index contributed by atoms with van der Waals surface area (Å²) in [6.07, 6.45) is 2.54. The van der Waals surface area contributed by atoms with Crippen LogP contribution in [-0.4, -0.2) is 93.3 Å². The largest absolute Gasteiger partial charge is 0.497 e. The Morgan fingerprint density at radius 1 is 1.12 bits per heavy atom. The predicted octanol–water partition coefficient (Wildman–Crippen LogP) is 1.77. The van der Waals surface area contributed by atoms with Gasteiger partial charge in [0.15, 0.2) is 0 Å². The lowest BCUT2D eigenvalue weighted by molar-refractivity contribution is -0.125. The Morgan fingerprint density at radius 3 is 2.45 bits per heavy atom. The normalized spacial score (nSPS) is 21.2. The second-order valence-corrected chi connectivity index (χ2v) is 8.32. The number of amides is 3. The Hall–Kier alpha value is -3.04. The summed E-state index contributed by atoms with van der Waals surface area (Å²) in [5.41, 5.74) is 2.08. The van der Waals surface area contributed by atoms with E-state index < -0.39 is 6.04 Å². The maximum Gasteiger partial charge on any atom is 0.322 e. The number of hydrogen-bond donors (Lipinski definition) is 1. The molecule has 3 amide bonds. The van der Waals surface area contributed by atoms with Gasteiger partial charge in [-0.3, -0.25) is 14.6 Å². The highest BCUT2D eigenvalue weighted by molar-refractivity contribution is 6.01. The standard InChI is InChI=1S/C24H32N4O5/c1-4-6-28-20-16-27(8-5-7-26-9-11-33-12-10-26)23(29)21(20)22(25-24(28)30)17-13-18(31-2)15-19(14-17)32-3/h4,13-15,22H,1,5-12,16H2,2-3H3,(H,25,30). The van der Waals surface area contributed by atoms with Gasteiger partial charge in [0.25, 0.3) is 5.91 Å². The average molecular weight is 457 g/mol. The number of urea groups is 1. The van der Waals surface area contributed by atoms with Crippen LogP contribution in [0.4, 0.5) is 4.79 Å². The molecule has 3 aliphatic rings. The van der Waals surface area contributed by atoms with Crippen LogP contribution >= 0.6 is 0 Å². The molecule has 0 bridgehead atoms. The van der Waals surface area contributed by atoms with Crippen LogP contribution in [-0.2, 0) is 9.53 Å². The summed E-state index contributed by atoms with van der Waals surface area (Å²) in [6, 6.07) is 4.60. The molecule has 1 fully saturated rings. The van der Waals surface area contributed by atoms with E-state index in [4.69, 9.17) is 14.2 Å². The molecule has 3 heterocycles. The van der Waals surface area contributed by atoms with Crippen molar-refractivity contribution in [2.45, 2.75) is 12.5 Å². The van der Waals surface area contributed by atoms with Crippen molar-refractivity contribution in [2.24, 2.45) is 0 Å². The number of carbonyl (C=O) groups is 2. The number of methoxy groups -OCH3 is 2. The first-order valence-electron chi connectivity index (χ1n) is 11.3. The summed E-state index contributed by atoms with van der Waals surface area (Å²) >= 11 is 0. The van der Waals surface area contributed by atoms with Crippen LogP contribution in [0.15, 0.2) is 42.1 Å². The van der Waals surface area contributed by atoms with Gasteiger partial charge in [-0.25, -0.2) is 4.79 Å². The van der Waals surface area contributed by atoms with Gasteiger partial charge in [-0.1, -0.05) is 6.08 Å². The molecule has 0 aromatic heterocycles. The quantitative estimate of drug-likeness (QED) is 0.571. The first kappa shape index (κ1) is 23.1. The van der Waals surface area contributed by atoms with Crippen LogP contribution < -0.4 is 14.8 Å². The number of rotatable bonds is 9. The summed E-state index contributed by atoms with van der Waals surface area (Å²) in [4.78, 5) is 32.3. The summed E-state index contributed by atoms with van der Waals surface area (Å²) in [6.45, 7) is 9.44. The molecule has 1 N–H and O–H groups in total. The van der Waals surface area contributed by atoms with Gasteiger partial charge >= 0.3 is 6.03 Å². The average Bonchev–Trinajstić information content (AvgIpc) is 3.17. The predicted molar refractivity (Wildman–Crippen MR) is 123 cm³/mol. The molecule has 0 radical (unpaired) electrons. The lowest BCUT2D eigenvalue weighted by Gasteiger charge is -2.33. The lowest BCUT2D eigenvalue weighted by Crippen LogP contribution is -2.47. The number of benzene rings is 1. The van der Waals surface area contributed by atoms with Crippen molar-refractivity contribution < 1.29 is 23.8 Å². The summed E-state index contributed by atoms with van der Waals surface area (Å²) in [7, 11) is 3.15. The summed E-state index contributed by atoms with van der Waals surface area (Å²) < 4.78 is 16.2. The monoisotopic (exact) mass is 456 g/mol. The topological polar surface area (TPSA) is 83.6 Å². The molecule has 9 heteroatoms. The summed E-state index contributed by atoms with van der Waals surface area (Å²) in [5.74, 6) is 1.15. The first-order chi connectivity index (χ1) is 16.0. The van der Waals surface area contributed by atoms with Gasteiger partial charge < -0.3 is 24.4 Å². The van der Waals surface area contributed by atoms with Crippen LogP contribution in [0.2, 0.25) is 0 Å². The summed E-state index contributed by atoms with van der Waals surface area (Å²) in [5, 5.41) is 3.00. The molecule has 0 saturated carbocycles. The minimum atomic E-state index is -0.575. The van der Waals surface area contributed by atoms with Crippen molar-refractivity contribution in [3.63, 3.8) is 0 Å². The number of ether oxygens (including phenoxy) is 3. The fourth-order valence-electron chi connectivity index (χ4n) is 4.61. The maximum atomic E-state index is 13.5. The van der Waals surface area contributed by atoms with E-state index in [9.17, 15) is 9.59 Å². The van der Waals surface area contributed by atoms with Gasteiger partial charge in [0.05, 0.1) is 51.3 Å². The van der Waals surface area contributed by atoms with Gasteiger partial charge in [-0.05, 0) is 24.1 Å². The van der Waals surface area contributed by atoms with E-state index in [2.05, 4.69) is 16.8 Å². The third-order valence-corrected chi connectivity index (χ3v) is 6.32. The third-order valence-electron chi connectivity index (χ3n) is 6.32. The van der Waals surface area contributed by atoms with E-state index in [1.165, 1.54) is 0 Å². The molecule has 9 nitrogen and oxygen atoms in total. The van der Waals surface area contributed by atoms with E-state index in [0.29, 0.717) is 36.7 Å². The van der Waals surface area contributed by atoms with Crippen molar-refractivity contribution in [1.82, 2.24) is 20.0 Å². The number of nitrogens with one attached hydrogen (secondary N) is 1. The Morgan fingerprint density at radius 2 is 1.82 bits per heavy atom. The molecule has 1 atom stereocenters. The van der Waals surface area contributed by atoms with E-state index >= 15 is 0 Å². The molecule has 0 spiro atoms. The van der Waals surface area contributed by atoms with Crippen molar-refractivity contribution in [1.29, 1.82) is 0 Å². The number of nitrogens with zero attached hydrogens (tertiary/aromatic N) is 3. The molecule has 1 unspecified atom stereocenters. The minimum Gasteiger partial charge on any atom is -0.497 e. The second kappa shape index (κ2) is 10.3. The molecule has 3 aliphatic heterocycles. The van der Waals surface area contributed by atoms with Gasteiger partial charge in [0.1, 0.15) is 11.5 Å². The maximum absolute atomic E-state index is 13.5. The van der Waals surface area contributed by atoms with Gasteiger partial charge in [0, 0.05) is 38.8 Å². The van der Waals surface area contributed by atoms with Crippen molar-refractivity contribution in [3.05, 3.63) is 47.7 Å². The van der Waals surface area contributed by atoms with Crippen molar-refractivity contribution >= 4 is 11.9 Å². The molecule has 4 rings (SSSR count). The molecular formula is C24H32N4O5. The zero-order valence-electron chi connectivity index (χ0n) is 19.3. The highest BCUT2D eigenvalue weighted by Crippen LogP contribution is 2.38. The van der Waals surface area contributed by atoms with Crippen LogP contribution in [0, 0.1) is 0 Å². The zero-order valence-corrected chi connectivity index (χ0v) is 19.3. The fourth-order valence-corrected chi connectivity index (χ4v) is 4.61. The molecule has 178 valence electrons. The molecule has 1 saturated heterocycles. The second-order valence-electron chi connectivity index (χ2n) is 8.32. The number of hydrogen-bond acceptors (Lipinski definition) is 6. The van der Waals surface area contributed by atoms with Gasteiger partial charge in [-0.15, -0.1) is 6.58 Å². The molecule has 1 aromatic rings. The highest BCUT2D eigenvalue weighted by atomic mass is 16.5. The van der Waals surface area contributed by atoms with E-state index in [1.54, 1.807) is 31.3 Å². The Balaban J connectivity index is 1.57. The SMILES string of the molecule is C=CCN1C(=O)NC(c2cc(OC)cc(OC)c2)C2=C1CN(CCCN1CCOCC1)C2=O. The number of morpholine rings is 1. The van der Waals surface area contributed by atoms with Crippen LogP contribution in [0.25, 0.3) is 0 Å². The van der Waals surface area contributed by atoms with E-state index in [-0.39, 0.29) is 11.9 Å². The molecule has 1 aromatic carbocycles. The van der Waals surface area contributed by atoms with Gasteiger partial charge in [-0.2, -0.15) is 0 Å². The smallest absolute Gasteiger partial charge is 0.322 e. The zero-order chi connectivity index (χ0) is 23.4. The Labute approximate surface area is 194 Å². The van der Waals surface area contributed by atoms with Crippen LogP contribution in [0.3, 0.4) is 0 Å². The van der Waals surface area contributed by atoms with Crippen LogP contribution in [0.1, 0.15) is 18.0 Å². The fraction of sp³-hybridized carbons (Fsp3) is 0.500. The first-order valence-corrected chi connectivity index (χ1v) is 11.3. The Kier molecular flexibility index (Phi) is 7.20. The number of carbonyl (C=O) groups excluding carboxylic acids is 2. The molecule has 0 aliphatic carbocycles. The van der Waals surface area contributed by atoms with E-state index in [1.807, 2.05) is 17.0 Å². The molecule has 33 heavy (non-hydrogen) atoms. The molecular weight excluding hydrogens is 424 g/mol. The Bertz CT molecular complexity index is 919. The van der Waals surface area contributed by atoms with Crippen molar-refractivity contribution in [3.8, 4) is 11.5 Å². The van der Waals surface area contributed by atoms with E-state index in [0.717, 1.165) is 50.5 Å². The third kappa shape index (κ3) is 4.84. The highest BCUT2D eigenvalue weighted by Gasteiger charge is 2.43. The van der Waals surface area contributed by atoms with Crippen molar-refractivity contribution in [2.75, 3.05) is 66.7 Å². The minimum absolute atomic E-state index is 0.0483. The van der Waals surface area contributed by atoms with Crippen LogP contribution in [0.5, 0.6) is 11.5 Å².